The Kier molecular flexibility index (Phi) is 4.66. The van der Waals surface area contributed by atoms with Gasteiger partial charge in [-0.25, -0.2) is 0 Å². The molecule has 0 aliphatic heterocycles. The van der Waals surface area contributed by atoms with Crippen molar-refractivity contribution in [2.24, 2.45) is 0 Å². The molecule has 17 heavy (non-hydrogen) atoms. The first kappa shape index (κ1) is 13.2. The second-order valence-electron chi connectivity index (χ2n) is 3.36. The van der Waals surface area contributed by atoms with Crippen molar-refractivity contribution in [2.45, 2.75) is 6.42 Å². The van der Waals surface area contributed by atoms with Crippen LogP contribution in [0.25, 0.3) is 0 Å². The molecule has 0 saturated heterocycles. The number of aliphatic hydroxyl groups excluding tert-OH is 1. The van der Waals surface area contributed by atoms with Crippen molar-refractivity contribution >= 4 is 11.6 Å². The van der Waals surface area contributed by atoms with Gasteiger partial charge in [0.1, 0.15) is 18.1 Å². The fraction of sp³-hybridized carbons (Fsp3) is 0.333. The molecule has 1 aromatic carbocycles. The maximum absolute atomic E-state index is 11.4. The molecule has 0 spiro atoms. The molecular weight excluding hydrogens is 224 g/mol. The zero-order chi connectivity index (χ0) is 12.8. The van der Waals surface area contributed by atoms with Crippen LogP contribution in [0.3, 0.4) is 0 Å². The van der Waals surface area contributed by atoms with Gasteiger partial charge in [0.2, 0.25) is 11.6 Å². The van der Waals surface area contributed by atoms with Gasteiger partial charge in [-0.1, -0.05) is 0 Å². The molecule has 1 rings (SSSR count). The number of carbonyl (C=O) groups is 2. The van der Waals surface area contributed by atoms with Crippen LogP contribution in [0, 0.1) is 0 Å². The second kappa shape index (κ2) is 6.00. The van der Waals surface area contributed by atoms with Crippen LogP contribution in [0.4, 0.5) is 0 Å². The van der Waals surface area contributed by atoms with E-state index in [1.807, 2.05) is 0 Å². The second-order valence-corrected chi connectivity index (χ2v) is 3.36. The van der Waals surface area contributed by atoms with Gasteiger partial charge in [-0.15, -0.1) is 0 Å². The van der Waals surface area contributed by atoms with Crippen LogP contribution in [0.15, 0.2) is 18.2 Å². The van der Waals surface area contributed by atoms with Gasteiger partial charge in [0.15, 0.2) is 0 Å². The average Bonchev–Trinajstić information content (AvgIpc) is 2.37. The molecule has 0 aromatic heterocycles. The van der Waals surface area contributed by atoms with E-state index in [9.17, 15) is 9.59 Å². The van der Waals surface area contributed by atoms with Crippen molar-refractivity contribution in [1.82, 2.24) is 0 Å². The Morgan fingerprint density at radius 1 is 1.18 bits per heavy atom. The third kappa shape index (κ3) is 3.29. The molecule has 1 aromatic rings. The topological polar surface area (TPSA) is 72.8 Å². The van der Waals surface area contributed by atoms with Gasteiger partial charge in [-0.3, -0.25) is 9.59 Å². The highest BCUT2D eigenvalue weighted by Crippen LogP contribution is 2.24. The number of aliphatic hydroxyl groups is 1. The lowest BCUT2D eigenvalue weighted by Crippen LogP contribution is -2.20. The molecule has 0 aliphatic carbocycles. The summed E-state index contributed by atoms with van der Waals surface area (Å²) in [5, 5.41) is 8.58. The summed E-state index contributed by atoms with van der Waals surface area (Å²) < 4.78 is 10.1. The largest absolute Gasteiger partial charge is 0.497 e. The molecule has 0 fully saturated rings. The van der Waals surface area contributed by atoms with Crippen LogP contribution >= 0.6 is 0 Å². The summed E-state index contributed by atoms with van der Waals surface area (Å²) in [6.07, 6.45) is -0.111. The number of Topliss-reactive ketones (excluding diaryl/α,β-unsaturated/α-hetero) is 2. The summed E-state index contributed by atoms with van der Waals surface area (Å²) in [5.41, 5.74) is 0.554. The molecule has 0 saturated carbocycles. The highest BCUT2D eigenvalue weighted by atomic mass is 16.5. The molecule has 0 radical (unpaired) electrons. The molecule has 0 unspecified atom stereocenters. The van der Waals surface area contributed by atoms with Crippen LogP contribution in [0.1, 0.15) is 5.56 Å². The molecule has 0 bridgehead atoms. The third-order valence-corrected chi connectivity index (χ3v) is 2.29. The lowest BCUT2D eigenvalue weighted by Gasteiger charge is -2.09. The van der Waals surface area contributed by atoms with Crippen LogP contribution < -0.4 is 9.47 Å². The summed E-state index contributed by atoms with van der Waals surface area (Å²) in [5.74, 6) is -0.385. The minimum Gasteiger partial charge on any atom is -0.497 e. The Balaban J connectivity index is 2.95. The first-order chi connectivity index (χ1) is 8.12. The molecular formula is C12H14O5. The Hall–Kier alpha value is -1.88. The van der Waals surface area contributed by atoms with Crippen molar-refractivity contribution < 1.29 is 24.2 Å². The van der Waals surface area contributed by atoms with E-state index in [1.165, 1.54) is 14.2 Å². The molecule has 0 aliphatic rings. The summed E-state index contributed by atoms with van der Waals surface area (Å²) in [7, 11) is 2.98. The van der Waals surface area contributed by atoms with Crippen molar-refractivity contribution in [2.75, 3.05) is 20.8 Å². The SMILES string of the molecule is COc1ccc(OC)c(CC(=O)C(=O)CO)c1. The number of methoxy groups -OCH3 is 2. The van der Waals surface area contributed by atoms with Crippen molar-refractivity contribution in [3.8, 4) is 11.5 Å². The number of ketones is 2. The maximum Gasteiger partial charge on any atom is 0.223 e. The maximum atomic E-state index is 11.4. The van der Waals surface area contributed by atoms with Gasteiger partial charge >= 0.3 is 0 Å². The van der Waals surface area contributed by atoms with Gasteiger partial charge < -0.3 is 14.6 Å². The van der Waals surface area contributed by atoms with Crippen LogP contribution in [0.5, 0.6) is 11.5 Å². The Morgan fingerprint density at radius 2 is 1.88 bits per heavy atom. The Labute approximate surface area is 99.0 Å². The highest BCUT2D eigenvalue weighted by molar-refractivity contribution is 6.38. The van der Waals surface area contributed by atoms with E-state index >= 15 is 0 Å². The van der Waals surface area contributed by atoms with E-state index in [0.717, 1.165) is 0 Å². The van der Waals surface area contributed by atoms with E-state index in [-0.39, 0.29) is 6.42 Å². The standard InChI is InChI=1S/C12H14O5/c1-16-9-3-4-12(17-2)8(5-9)6-10(14)11(15)7-13/h3-5,13H,6-7H2,1-2H3. The van der Waals surface area contributed by atoms with Gasteiger partial charge in [-0.05, 0) is 18.2 Å². The Morgan fingerprint density at radius 3 is 2.41 bits per heavy atom. The van der Waals surface area contributed by atoms with Crippen LogP contribution in [-0.2, 0) is 16.0 Å². The van der Waals surface area contributed by atoms with E-state index in [1.54, 1.807) is 18.2 Å². The highest BCUT2D eigenvalue weighted by Gasteiger charge is 2.16. The summed E-state index contributed by atoms with van der Waals surface area (Å²) in [4.78, 5) is 22.4. The van der Waals surface area contributed by atoms with Crippen LogP contribution in [0.2, 0.25) is 0 Å². The van der Waals surface area contributed by atoms with Gasteiger partial charge in [-0.2, -0.15) is 0 Å². The molecule has 92 valence electrons. The summed E-state index contributed by atoms with van der Waals surface area (Å²) in [6, 6.07) is 4.98. The van der Waals surface area contributed by atoms with Gasteiger partial charge in [0.05, 0.1) is 14.2 Å². The number of hydrogen-bond donors (Lipinski definition) is 1. The number of hydrogen-bond acceptors (Lipinski definition) is 5. The van der Waals surface area contributed by atoms with Gasteiger partial charge in [0.25, 0.3) is 0 Å². The van der Waals surface area contributed by atoms with Gasteiger partial charge in [0, 0.05) is 12.0 Å². The minimum absolute atomic E-state index is 0.111. The van der Waals surface area contributed by atoms with E-state index in [4.69, 9.17) is 14.6 Å². The lowest BCUT2D eigenvalue weighted by molar-refractivity contribution is -0.137. The Bertz CT molecular complexity index is 425. The zero-order valence-electron chi connectivity index (χ0n) is 9.73. The zero-order valence-corrected chi connectivity index (χ0v) is 9.73. The number of carbonyl (C=O) groups excluding carboxylic acids is 2. The number of rotatable bonds is 6. The van der Waals surface area contributed by atoms with E-state index < -0.39 is 18.2 Å². The van der Waals surface area contributed by atoms with Crippen molar-refractivity contribution in [1.29, 1.82) is 0 Å². The van der Waals surface area contributed by atoms with Crippen molar-refractivity contribution in [3.63, 3.8) is 0 Å². The predicted molar refractivity (Wildman–Crippen MR) is 60.3 cm³/mol. The first-order valence-electron chi connectivity index (χ1n) is 5.00. The minimum atomic E-state index is -0.810. The molecule has 0 atom stereocenters. The molecule has 5 heteroatoms. The quantitative estimate of drug-likeness (QED) is 0.725. The van der Waals surface area contributed by atoms with E-state index in [2.05, 4.69) is 0 Å². The normalized spacial score (nSPS) is 9.82. The fourth-order valence-corrected chi connectivity index (χ4v) is 1.38. The lowest BCUT2D eigenvalue weighted by atomic mass is 10.1. The predicted octanol–water partition coefficient (Wildman–Crippen LogP) is 0.377. The monoisotopic (exact) mass is 238 g/mol. The molecule has 1 N–H and O–H groups in total. The number of ether oxygens (including phenoxy) is 2. The summed E-state index contributed by atoms with van der Waals surface area (Å²) >= 11 is 0. The number of benzene rings is 1. The smallest absolute Gasteiger partial charge is 0.223 e. The summed E-state index contributed by atoms with van der Waals surface area (Å²) in [6.45, 7) is -0.773. The fourth-order valence-electron chi connectivity index (χ4n) is 1.38. The molecule has 5 nitrogen and oxygen atoms in total. The molecule has 0 amide bonds. The molecule has 0 heterocycles. The van der Waals surface area contributed by atoms with Crippen LogP contribution in [-0.4, -0.2) is 37.5 Å². The third-order valence-electron chi connectivity index (χ3n) is 2.29. The van der Waals surface area contributed by atoms with E-state index in [0.29, 0.717) is 17.1 Å². The first-order valence-corrected chi connectivity index (χ1v) is 5.00. The average molecular weight is 238 g/mol. The van der Waals surface area contributed by atoms with Crippen molar-refractivity contribution in [3.05, 3.63) is 23.8 Å².